The summed E-state index contributed by atoms with van der Waals surface area (Å²) in [6.45, 7) is 0.673. The molecule has 1 aliphatic heterocycles. The first-order valence-electron chi connectivity index (χ1n) is 9.98. The lowest BCUT2D eigenvalue weighted by atomic mass is 9.99. The van der Waals surface area contributed by atoms with Gasteiger partial charge in [0, 0.05) is 17.3 Å². The number of carbonyl (C=O) groups excluding carboxylic acids is 1. The first-order valence-corrected chi connectivity index (χ1v) is 10.4. The highest BCUT2D eigenvalue weighted by molar-refractivity contribution is 6.30. The molecule has 0 spiro atoms. The zero-order chi connectivity index (χ0) is 22.5. The Balaban J connectivity index is 1.60. The van der Waals surface area contributed by atoms with Crippen LogP contribution in [0.15, 0.2) is 72.8 Å². The van der Waals surface area contributed by atoms with Crippen molar-refractivity contribution in [1.29, 1.82) is 0 Å². The fourth-order valence-corrected chi connectivity index (χ4v) is 3.73. The molecule has 0 bridgehead atoms. The molecule has 0 saturated carbocycles. The molecular formula is C25H20ClFN2O3. The van der Waals surface area contributed by atoms with Crippen molar-refractivity contribution in [1.82, 2.24) is 5.32 Å². The normalized spacial score (nSPS) is 17.7. The molecule has 0 aliphatic carbocycles. The van der Waals surface area contributed by atoms with Crippen LogP contribution in [0.4, 0.5) is 14.9 Å². The highest BCUT2D eigenvalue weighted by Crippen LogP contribution is 2.38. The van der Waals surface area contributed by atoms with Crippen LogP contribution in [0.3, 0.4) is 0 Å². The number of ether oxygens (including phenoxy) is 2. The Morgan fingerprint density at radius 2 is 1.78 bits per heavy atom. The molecule has 3 aromatic rings. The molecule has 5 nitrogen and oxygen atoms in total. The lowest BCUT2D eigenvalue weighted by Crippen LogP contribution is -2.34. The number of nitrogens with one attached hydrogen (secondary N) is 1. The van der Waals surface area contributed by atoms with Crippen molar-refractivity contribution in [3.8, 4) is 23.8 Å². The van der Waals surface area contributed by atoms with Gasteiger partial charge in [0.25, 0.3) is 0 Å². The van der Waals surface area contributed by atoms with E-state index in [4.69, 9.17) is 27.5 Å². The second kappa shape index (κ2) is 9.73. The van der Waals surface area contributed by atoms with Crippen LogP contribution in [-0.2, 0) is 4.74 Å². The van der Waals surface area contributed by atoms with E-state index in [9.17, 15) is 9.18 Å². The summed E-state index contributed by atoms with van der Waals surface area (Å²) in [4.78, 5) is 14.3. The number of hydrogen-bond acceptors (Lipinski definition) is 4. The van der Waals surface area contributed by atoms with Crippen molar-refractivity contribution in [3.63, 3.8) is 0 Å². The van der Waals surface area contributed by atoms with Crippen molar-refractivity contribution in [2.45, 2.75) is 12.1 Å². The summed E-state index contributed by atoms with van der Waals surface area (Å²) in [5, 5.41) is 3.68. The standard InChI is InChI=1S/C25H20ClFN2O3/c1-2-14-28-16-23-24(17-4-3-5-19(27)15-17)29(25(30)32-23)20-8-12-22(13-9-20)31-21-10-6-18(26)7-11-21/h1,3-13,15,23-24,28H,14,16H2/t23-,24-/m0/s1. The molecule has 1 amide bonds. The van der Waals surface area contributed by atoms with Gasteiger partial charge in [0.1, 0.15) is 29.5 Å². The van der Waals surface area contributed by atoms with Gasteiger partial charge in [-0.15, -0.1) is 6.42 Å². The minimum Gasteiger partial charge on any atom is -0.457 e. The Hall–Kier alpha value is -3.53. The predicted octanol–water partition coefficient (Wildman–Crippen LogP) is 5.56. The van der Waals surface area contributed by atoms with Crippen LogP contribution in [0.1, 0.15) is 11.6 Å². The van der Waals surface area contributed by atoms with E-state index >= 15 is 0 Å². The van der Waals surface area contributed by atoms with E-state index in [1.54, 1.807) is 60.7 Å². The van der Waals surface area contributed by atoms with Crippen molar-refractivity contribution < 1.29 is 18.7 Å². The molecule has 1 saturated heterocycles. The van der Waals surface area contributed by atoms with Gasteiger partial charge in [-0.25, -0.2) is 9.18 Å². The monoisotopic (exact) mass is 450 g/mol. The average molecular weight is 451 g/mol. The summed E-state index contributed by atoms with van der Waals surface area (Å²) in [5.74, 6) is 3.34. The van der Waals surface area contributed by atoms with E-state index in [-0.39, 0.29) is 5.82 Å². The summed E-state index contributed by atoms with van der Waals surface area (Å²) >= 11 is 5.91. The number of hydrogen-bond donors (Lipinski definition) is 1. The molecule has 2 atom stereocenters. The highest BCUT2D eigenvalue weighted by atomic mass is 35.5. The number of rotatable bonds is 7. The maximum atomic E-state index is 14.0. The number of anilines is 1. The van der Waals surface area contributed by atoms with Crippen LogP contribution in [-0.4, -0.2) is 25.3 Å². The van der Waals surface area contributed by atoms with Gasteiger partial charge in [0.15, 0.2) is 0 Å². The van der Waals surface area contributed by atoms with Crippen molar-refractivity contribution in [2.75, 3.05) is 18.0 Å². The van der Waals surface area contributed by atoms with Gasteiger partial charge in [-0.3, -0.25) is 4.90 Å². The molecular weight excluding hydrogens is 431 g/mol. The smallest absolute Gasteiger partial charge is 0.415 e. The second-order valence-electron chi connectivity index (χ2n) is 7.18. The van der Waals surface area contributed by atoms with E-state index in [0.717, 1.165) is 0 Å². The lowest BCUT2D eigenvalue weighted by molar-refractivity contribution is 0.131. The lowest BCUT2D eigenvalue weighted by Gasteiger charge is -2.25. The van der Waals surface area contributed by atoms with Gasteiger partial charge in [-0.05, 0) is 66.2 Å². The Labute approximate surface area is 190 Å². The van der Waals surface area contributed by atoms with Gasteiger partial charge >= 0.3 is 6.09 Å². The molecule has 7 heteroatoms. The van der Waals surface area contributed by atoms with Crippen LogP contribution in [0.2, 0.25) is 5.02 Å². The fourth-order valence-electron chi connectivity index (χ4n) is 3.60. The molecule has 0 radical (unpaired) electrons. The minimum atomic E-state index is -0.539. The molecule has 1 aliphatic rings. The topological polar surface area (TPSA) is 50.8 Å². The third-order valence-electron chi connectivity index (χ3n) is 5.01. The Morgan fingerprint density at radius 3 is 2.44 bits per heavy atom. The van der Waals surface area contributed by atoms with Gasteiger partial charge in [0.05, 0.1) is 6.54 Å². The number of halogens is 2. The summed E-state index contributed by atoms with van der Waals surface area (Å²) in [7, 11) is 0. The Bertz CT molecular complexity index is 1130. The van der Waals surface area contributed by atoms with Crippen molar-refractivity contribution in [3.05, 3.63) is 89.2 Å². The quantitative estimate of drug-likeness (QED) is 0.378. The molecule has 3 aromatic carbocycles. The van der Waals surface area contributed by atoms with Crippen LogP contribution >= 0.6 is 11.6 Å². The van der Waals surface area contributed by atoms with Gasteiger partial charge in [-0.1, -0.05) is 29.7 Å². The fraction of sp³-hybridized carbons (Fsp3) is 0.160. The summed E-state index contributed by atoms with van der Waals surface area (Å²) in [6.07, 6.45) is 4.25. The van der Waals surface area contributed by atoms with Crippen LogP contribution in [0.25, 0.3) is 0 Å². The summed E-state index contributed by atoms with van der Waals surface area (Å²) in [5.41, 5.74) is 1.23. The van der Waals surface area contributed by atoms with Crippen molar-refractivity contribution >= 4 is 23.4 Å². The minimum absolute atomic E-state index is 0.334. The van der Waals surface area contributed by atoms with E-state index in [1.165, 1.54) is 17.0 Å². The van der Waals surface area contributed by atoms with E-state index < -0.39 is 18.2 Å². The zero-order valence-electron chi connectivity index (χ0n) is 17.0. The van der Waals surface area contributed by atoms with Crippen LogP contribution in [0.5, 0.6) is 11.5 Å². The zero-order valence-corrected chi connectivity index (χ0v) is 17.8. The first kappa shape index (κ1) is 21.7. The number of nitrogens with zero attached hydrogens (tertiary/aromatic N) is 1. The molecule has 162 valence electrons. The molecule has 32 heavy (non-hydrogen) atoms. The van der Waals surface area contributed by atoms with Crippen LogP contribution in [0, 0.1) is 18.2 Å². The number of cyclic esters (lactones) is 1. The highest BCUT2D eigenvalue weighted by Gasteiger charge is 2.43. The molecule has 1 fully saturated rings. The molecule has 4 rings (SSSR count). The molecule has 0 unspecified atom stereocenters. The first-order chi connectivity index (χ1) is 15.5. The molecule has 1 N–H and O–H groups in total. The average Bonchev–Trinajstić information content (AvgIpc) is 3.12. The third kappa shape index (κ3) is 4.86. The number of benzene rings is 3. The van der Waals surface area contributed by atoms with Gasteiger partial charge in [-0.2, -0.15) is 0 Å². The third-order valence-corrected chi connectivity index (χ3v) is 5.26. The summed E-state index contributed by atoms with van der Waals surface area (Å²) < 4.78 is 25.4. The Kier molecular flexibility index (Phi) is 6.60. The molecule has 1 heterocycles. The largest absolute Gasteiger partial charge is 0.457 e. The van der Waals surface area contributed by atoms with E-state index in [2.05, 4.69) is 11.2 Å². The summed E-state index contributed by atoms with van der Waals surface area (Å²) in [6, 6.07) is 19.7. The predicted molar refractivity (Wildman–Crippen MR) is 122 cm³/mol. The van der Waals surface area contributed by atoms with Crippen LogP contribution < -0.4 is 15.0 Å². The number of amides is 1. The van der Waals surface area contributed by atoms with E-state index in [1.807, 2.05) is 0 Å². The molecule has 0 aromatic heterocycles. The second-order valence-corrected chi connectivity index (χ2v) is 7.61. The van der Waals surface area contributed by atoms with Gasteiger partial charge in [0.2, 0.25) is 0 Å². The SMILES string of the molecule is C#CCNC[C@@H]1OC(=O)N(c2ccc(Oc3ccc(Cl)cc3)cc2)[C@H]1c1cccc(F)c1. The number of carbonyl (C=O) groups is 1. The number of terminal acetylenes is 1. The van der Waals surface area contributed by atoms with E-state index in [0.29, 0.717) is 40.9 Å². The maximum absolute atomic E-state index is 14.0. The maximum Gasteiger partial charge on any atom is 0.415 e. The van der Waals surface area contributed by atoms with Crippen molar-refractivity contribution in [2.24, 2.45) is 0 Å². The Morgan fingerprint density at radius 1 is 1.09 bits per heavy atom. The van der Waals surface area contributed by atoms with Gasteiger partial charge < -0.3 is 14.8 Å².